The van der Waals surface area contributed by atoms with Crippen molar-refractivity contribution in [3.63, 3.8) is 0 Å². The number of hydrogen-bond acceptors (Lipinski definition) is 3. The van der Waals surface area contributed by atoms with E-state index in [0.717, 1.165) is 23.8 Å². The maximum Gasteiger partial charge on any atom is 0.200 e. The number of anilines is 1. The van der Waals surface area contributed by atoms with Gasteiger partial charge in [-0.05, 0) is 19.6 Å². The van der Waals surface area contributed by atoms with E-state index >= 15 is 0 Å². The third-order valence-electron chi connectivity index (χ3n) is 1.90. The van der Waals surface area contributed by atoms with Crippen LogP contribution in [-0.2, 0) is 0 Å². The Bertz CT molecular complexity index is 247. The minimum Gasteiger partial charge on any atom is -0.352 e. The van der Waals surface area contributed by atoms with E-state index in [-0.39, 0.29) is 0 Å². The number of rotatable bonds is 5. The van der Waals surface area contributed by atoms with E-state index in [1.54, 1.807) is 0 Å². The van der Waals surface area contributed by atoms with Crippen LogP contribution in [0.25, 0.3) is 0 Å². The van der Waals surface area contributed by atoms with Crippen LogP contribution in [0.15, 0.2) is 6.20 Å². The lowest BCUT2D eigenvalue weighted by Gasteiger charge is -2.14. The fraction of sp³-hybridized carbons (Fsp3) is 0.667. The molecule has 0 aliphatic carbocycles. The van der Waals surface area contributed by atoms with Gasteiger partial charge >= 0.3 is 0 Å². The van der Waals surface area contributed by atoms with Gasteiger partial charge in [0.25, 0.3) is 0 Å². The monoisotopic (exact) mass is 199 g/mol. The lowest BCUT2D eigenvalue weighted by Crippen LogP contribution is -2.21. The van der Waals surface area contributed by atoms with Gasteiger partial charge in [0.15, 0.2) is 0 Å². The largest absolute Gasteiger partial charge is 0.352 e. The number of nitrogens with zero attached hydrogens (tertiary/aromatic N) is 1. The topological polar surface area (TPSA) is 40.7 Å². The van der Waals surface area contributed by atoms with Gasteiger partial charge in [0.05, 0.1) is 0 Å². The van der Waals surface area contributed by atoms with Gasteiger partial charge in [-0.3, -0.25) is 0 Å². The number of thioether (sulfide) groups is 1. The van der Waals surface area contributed by atoms with Crippen molar-refractivity contribution in [1.29, 1.82) is 0 Å². The molecule has 0 amide bonds. The summed E-state index contributed by atoms with van der Waals surface area (Å²) in [5, 5.41) is 3.36. The quantitative estimate of drug-likeness (QED) is 0.764. The number of nitrogens with one attached hydrogen (secondary N) is 2. The highest BCUT2D eigenvalue weighted by Crippen LogP contribution is 2.08. The minimum absolute atomic E-state index is 0.514. The van der Waals surface area contributed by atoms with E-state index in [2.05, 4.69) is 28.5 Å². The predicted octanol–water partition coefficient (Wildman–Crippen LogP) is 2.27. The second-order valence-corrected chi connectivity index (χ2v) is 4.03. The van der Waals surface area contributed by atoms with Crippen LogP contribution >= 0.6 is 11.8 Å². The van der Waals surface area contributed by atoms with Gasteiger partial charge in [-0.1, -0.05) is 6.92 Å². The van der Waals surface area contributed by atoms with E-state index in [0.29, 0.717) is 6.04 Å². The van der Waals surface area contributed by atoms with Gasteiger partial charge in [0.1, 0.15) is 0 Å². The molecule has 3 nitrogen and oxygen atoms in total. The SMILES string of the molecule is CCC(CSC)Nc1ncc(C)[nH]1. The van der Waals surface area contributed by atoms with E-state index in [9.17, 15) is 0 Å². The lowest BCUT2D eigenvalue weighted by atomic mass is 10.3. The Labute approximate surface area is 83.7 Å². The molecule has 0 saturated carbocycles. The van der Waals surface area contributed by atoms with Crippen LogP contribution < -0.4 is 5.32 Å². The Morgan fingerprint density at radius 1 is 1.69 bits per heavy atom. The highest BCUT2D eigenvalue weighted by Gasteiger charge is 2.06. The smallest absolute Gasteiger partial charge is 0.200 e. The highest BCUT2D eigenvalue weighted by molar-refractivity contribution is 7.98. The molecular formula is C9H17N3S. The molecule has 0 saturated heterocycles. The van der Waals surface area contributed by atoms with Crippen LogP contribution in [0.3, 0.4) is 0 Å². The molecule has 2 N–H and O–H groups in total. The summed E-state index contributed by atoms with van der Waals surface area (Å²) in [6, 6.07) is 0.514. The Balaban J connectivity index is 2.46. The number of aryl methyl sites for hydroxylation is 1. The summed E-state index contributed by atoms with van der Waals surface area (Å²) in [6.45, 7) is 4.19. The molecule has 1 aromatic rings. The van der Waals surface area contributed by atoms with E-state index in [4.69, 9.17) is 0 Å². The van der Waals surface area contributed by atoms with Gasteiger partial charge in [-0.25, -0.2) is 4.98 Å². The fourth-order valence-electron chi connectivity index (χ4n) is 1.14. The van der Waals surface area contributed by atoms with Crippen molar-refractivity contribution < 1.29 is 0 Å². The zero-order valence-corrected chi connectivity index (χ0v) is 9.24. The van der Waals surface area contributed by atoms with Crippen molar-refractivity contribution in [2.75, 3.05) is 17.3 Å². The molecule has 0 aromatic carbocycles. The average molecular weight is 199 g/mol. The standard InChI is InChI=1S/C9H17N3S/c1-4-8(6-13-3)12-9-10-5-7(2)11-9/h5,8H,4,6H2,1-3H3,(H2,10,11,12). The van der Waals surface area contributed by atoms with Crippen molar-refractivity contribution in [3.8, 4) is 0 Å². The summed E-state index contributed by atoms with van der Waals surface area (Å²) in [5.74, 6) is 2.01. The summed E-state index contributed by atoms with van der Waals surface area (Å²) < 4.78 is 0. The molecule has 1 rings (SSSR count). The molecule has 1 atom stereocenters. The van der Waals surface area contributed by atoms with Gasteiger partial charge in [0.2, 0.25) is 5.95 Å². The van der Waals surface area contributed by atoms with Crippen LogP contribution in [0.4, 0.5) is 5.95 Å². The summed E-state index contributed by atoms with van der Waals surface area (Å²) >= 11 is 1.86. The van der Waals surface area contributed by atoms with Gasteiger partial charge < -0.3 is 10.3 Å². The maximum atomic E-state index is 4.21. The molecule has 0 fully saturated rings. The van der Waals surface area contributed by atoms with Crippen LogP contribution in [0.5, 0.6) is 0 Å². The molecule has 0 aliphatic rings. The third kappa shape index (κ3) is 3.30. The number of H-pyrrole nitrogens is 1. The second kappa shape index (κ2) is 5.17. The summed E-state index contributed by atoms with van der Waals surface area (Å²) in [5.41, 5.74) is 1.10. The first kappa shape index (κ1) is 10.4. The van der Waals surface area contributed by atoms with Crippen molar-refractivity contribution in [3.05, 3.63) is 11.9 Å². The van der Waals surface area contributed by atoms with Gasteiger partial charge in [-0.2, -0.15) is 11.8 Å². The molecular weight excluding hydrogens is 182 g/mol. The molecule has 1 unspecified atom stereocenters. The summed E-state index contributed by atoms with van der Waals surface area (Å²) in [4.78, 5) is 7.38. The van der Waals surface area contributed by atoms with Crippen LogP contribution in [0.1, 0.15) is 19.0 Å². The molecule has 0 aliphatic heterocycles. The van der Waals surface area contributed by atoms with E-state index in [1.165, 1.54) is 0 Å². The number of aromatic amines is 1. The molecule has 4 heteroatoms. The van der Waals surface area contributed by atoms with Crippen LogP contribution in [-0.4, -0.2) is 28.0 Å². The predicted molar refractivity (Wildman–Crippen MR) is 59.4 cm³/mol. The van der Waals surface area contributed by atoms with Crippen molar-refractivity contribution in [2.45, 2.75) is 26.3 Å². The molecule has 1 aromatic heterocycles. The molecule has 1 heterocycles. The second-order valence-electron chi connectivity index (χ2n) is 3.12. The fourth-order valence-corrected chi connectivity index (χ4v) is 1.86. The summed E-state index contributed by atoms with van der Waals surface area (Å²) in [7, 11) is 0. The Kier molecular flexibility index (Phi) is 4.15. The average Bonchev–Trinajstić information content (AvgIpc) is 2.50. The Morgan fingerprint density at radius 2 is 2.46 bits per heavy atom. The first-order valence-corrected chi connectivity index (χ1v) is 5.92. The molecule has 0 radical (unpaired) electrons. The molecule has 0 spiro atoms. The van der Waals surface area contributed by atoms with Crippen molar-refractivity contribution in [2.24, 2.45) is 0 Å². The van der Waals surface area contributed by atoms with E-state index in [1.807, 2.05) is 24.9 Å². The van der Waals surface area contributed by atoms with Gasteiger partial charge in [-0.15, -0.1) is 0 Å². The van der Waals surface area contributed by atoms with Crippen molar-refractivity contribution >= 4 is 17.7 Å². The van der Waals surface area contributed by atoms with Crippen LogP contribution in [0.2, 0.25) is 0 Å². The molecule has 13 heavy (non-hydrogen) atoms. The number of aromatic nitrogens is 2. The first-order chi connectivity index (χ1) is 6.26. The maximum absolute atomic E-state index is 4.21. The van der Waals surface area contributed by atoms with E-state index < -0.39 is 0 Å². The molecule has 74 valence electrons. The normalized spacial score (nSPS) is 12.8. The lowest BCUT2D eigenvalue weighted by molar-refractivity contribution is 0.766. The third-order valence-corrected chi connectivity index (χ3v) is 2.64. The Morgan fingerprint density at radius 3 is 2.92 bits per heavy atom. The van der Waals surface area contributed by atoms with Crippen LogP contribution in [0, 0.1) is 6.92 Å². The number of hydrogen-bond donors (Lipinski definition) is 2. The summed E-state index contributed by atoms with van der Waals surface area (Å²) in [6.07, 6.45) is 5.09. The zero-order chi connectivity index (χ0) is 9.68. The first-order valence-electron chi connectivity index (χ1n) is 4.53. The minimum atomic E-state index is 0.514. The van der Waals surface area contributed by atoms with Crippen molar-refractivity contribution in [1.82, 2.24) is 9.97 Å². The molecule has 0 bridgehead atoms. The Hall–Kier alpha value is -0.640. The highest BCUT2D eigenvalue weighted by atomic mass is 32.2. The zero-order valence-electron chi connectivity index (χ0n) is 8.42. The number of imidazole rings is 1. The van der Waals surface area contributed by atoms with Gasteiger partial charge in [0, 0.05) is 23.7 Å².